The maximum absolute atomic E-state index is 12.7. The summed E-state index contributed by atoms with van der Waals surface area (Å²) in [5, 5.41) is 13.6. The van der Waals surface area contributed by atoms with Crippen molar-refractivity contribution < 1.29 is 28.4 Å². The van der Waals surface area contributed by atoms with Gasteiger partial charge >= 0.3 is 7.82 Å². The highest BCUT2D eigenvalue weighted by molar-refractivity contribution is 7.47. The Hall–Kier alpha value is -2.06. The van der Waals surface area contributed by atoms with Gasteiger partial charge in [-0.25, -0.2) is 4.57 Å². The average molecular weight is 763 g/mol. The molecule has 3 atom stereocenters. The van der Waals surface area contributed by atoms with Crippen LogP contribution in [-0.4, -0.2) is 47.8 Å². The number of nitrogens with two attached hydrogens (primary N) is 1. The van der Waals surface area contributed by atoms with E-state index in [1.54, 1.807) is 6.08 Å². The van der Waals surface area contributed by atoms with Gasteiger partial charge in [-0.15, -0.1) is 0 Å². The monoisotopic (exact) mass is 763 g/mol. The summed E-state index contributed by atoms with van der Waals surface area (Å²) in [5.41, 5.74) is 5.36. The second-order valence-electron chi connectivity index (χ2n) is 13.8. The number of rotatable bonds is 38. The molecule has 53 heavy (non-hydrogen) atoms. The Morgan fingerprint density at radius 1 is 0.642 bits per heavy atom. The summed E-state index contributed by atoms with van der Waals surface area (Å²) in [6.45, 7) is 3.96. The standard InChI is InChI=1S/C44H79N2O6P/c1-3-5-7-9-11-13-15-17-19-21-23-25-27-29-31-33-35-37-43(47)42(41-52-53(49,50)51-40-39-45)46-44(48)38-36-34-32-30-28-26-24-22-20-18-16-14-12-10-8-6-4-2/h6,8,12,14,18,20,24,26,30,32,35,37,42-43,47H,3-5,7,9-11,13,15-17,19,21-23,25,27-29,31,33-34,36,38-41,45H2,1-2H3,(H,46,48)(H,49,50)/b8-6-,14-12-,20-18-,26-24-,32-30-,37-35+. The molecule has 5 N–H and O–H groups in total. The van der Waals surface area contributed by atoms with Gasteiger partial charge in [0.05, 0.1) is 25.4 Å². The van der Waals surface area contributed by atoms with Gasteiger partial charge in [-0.3, -0.25) is 13.8 Å². The molecule has 306 valence electrons. The summed E-state index contributed by atoms with van der Waals surface area (Å²) in [4.78, 5) is 22.6. The van der Waals surface area contributed by atoms with Crippen molar-refractivity contribution in [3.05, 3.63) is 72.9 Å². The second kappa shape index (κ2) is 39.6. The Balaban J connectivity index is 4.37. The average Bonchev–Trinajstić information content (AvgIpc) is 3.14. The van der Waals surface area contributed by atoms with Crippen LogP contribution < -0.4 is 11.1 Å². The minimum absolute atomic E-state index is 0.0661. The van der Waals surface area contributed by atoms with Crippen LogP contribution in [0, 0.1) is 0 Å². The zero-order chi connectivity index (χ0) is 38.9. The van der Waals surface area contributed by atoms with E-state index in [4.69, 9.17) is 14.8 Å². The molecule has 0 saturated carbocycles. The summed E-state index contributed by atoms with van der Waals surface area (Å²) in [5.74, 6) is -0.253. The lowest BCUT2D eigenvalue weighted by Gasteiger charge is -2.23. The van der Waals surface area contributed by atoms with E-state index >= 15 is 0 Å². The first-order chi connectivity index (χ1) is 25.9. The van der Waals surface area contributed by atoms with Crippen LogP contribution in [0.2, 0.25) is 0 Å². The number of phosphoric ester groups is 1. The molecule has 0 aliphatic carbocycles. The van der Waals surface area contributed by atoms with Crippen molar-refractivity contribution in [1.82, 2.24) is 5.32 Å². The molecule has 0 aliphatic heterocycles. The lowest BCUT2D eigenvalue weighted by molar-refractivity contribution is -0.122. The van der Waals surface area contributed by atoms with Gasteiger partial charge in [-0.1, -0.05) is 177 Å². The van der Waals surface area contributed by atoms with E-state index in [0.29, 0.717) is 6.42 Å². The van der Waals surface area contributed by atoms with Crippen LogP contribution in [0.25, 0.3) is 0 Å². The highest BCUT2D eigenvalue weighted by Gasteiger charge is 2.26. The van der Waals surface area contributed by atoms with E-state index in [1.807, 2.05) is 6.08 Å². The summed E-state index contributed by atoms with van der Waals surface area (Å²) >= 11 is 0. The van der Waals surface area contributed by atoms with E-state index in [1.165, 1.54) is 83.5 Å². The second-order valence-corrected chi connectivity index (χ2v) is 15.3. The molecule has 0 aromatic heterocycles. The number of hydrogen-bond acceptors (Lipinski definition) is 6. The largest absolute Gasteiger partial charge is 0.472 e. The minimum Gasteiger partial charge on any atom is -0.387 e. The van der Waals surface area contributed by atoms with Crippen molar-refractivity contribution in [1.29, 1.82) is 0 Å². The number of amides is 1. The molecular weight excluding hydrogens is 683 g/mol. The molecule has 0 aliphatic rings. The molecule has 8 nitrogen and oxygen atoms in total. The lowest BCUT2D eigenvalue weighted by atomic mass is 10.0. The first-order valence-corrected chi connectivity index (χ1v) is 22.6. The molecule has 1 amide bonds. The van der Waals surface area contributed by atoms with E-state index in [-0.39, 0.29) is 32.1 Å². The van der Waals surface area contributed by atoms with E-state index in [0.717, 1.165) is 57.8 Å². The minimum atomic E-state index is -4.36. The van der Waals surface area contributed by atoms with Gasteiger partial charge in [0.25, 0.3) is 0 Å². The predicted molar refractivity (Wildman–Crippen MR) is 226 cm³/mol. The van der Waals surface area contributed by atoms with Gasteiger partial charge in [0.2, 0.25) is 5.91 Å². The molecule has 0 radical (unpaired) electrons. The number of carbonyl (C=O) groups is 1. The maximum Gasteiger partial charge on any atom is 0.472 e. The molecule has 0 rings (SSSR count). The Bertz CT molecular complexity index is 1050. The van der Waals surface area contributed by atoms with Crippen molar-refractivity contribution in [3.63, 3.8) is 0 Å². The molecule has 0 aromatic carbocycles. The Morgan fingerprint density at radius 2 is 1.09 bits per heavy atom. The molecule has 3 unspecified atom stereocenters. The third kappa shape index (κ3) is 38.0. The molecule has 0 bridgehead atoms. The summed E-state index contributed by atoms with van der Waals surface area (Å²) in [6, 6.07) is -0.893. The van der Waals surface area contributed by atoms with Gasteiger partial charge in [-0.05, 0) is 57.8 Å². The first kappa shape index (κ1) is 50.9. The van der Waals surface area contributed by atoms with Crippen molar-refractivity contribution in [2.45, 2.75) is 180 Å². The molecule has 0 spiro atoms. The van der Waals surface area contributed by atoms with Crippen LogP contribution in [0.3, 0.4) is 0 Å². The Labute approximate surface area is 325 Å². The van der Waals surface area contributed by atoms with Gasteiger partial charge in [-0.2, -0.15) is 0 Å². The molecule has 0 fully saturated rings. The fourth-order valence-electron chi connectivity index (χ4n) is 5.64. The van der Waals surface area contributed by atoms with Crippen LogP contribution in [0.5, 0.6) is 0 Å². The normalized spacial score (nSPS) is 14.9. The van der Waals surface area contributed by atoms with Gasteiger partial charge < -0.3 is 21.1 Å². The summed E-state index contributed by atoms with van der Waals surface area (Å²) in [6.07, 6.45) is 51.0. The summed E-state index contributed by atoms with van der Waals surface area (Å²) in [7, 11) is -4.36. The van der Waals surface area contributed by atoms with Crippen molar-refractivity contribution in [3.8, 4) is 0 Å². The maximum atomic E-state index is 12.7. The van der Waals surface area contributed by atoms with Crippen LogP contribution in [-0.2, 0) is 18.4 Å². The number of phosphoric acid groups is 1. The topological polar surface area (TPSA) is 131 Å². The number of carbonyl (C=O) groups excluding carboxylic acids is 1. The smallest absolute Gasteiger partial charge is 0.387 e. The third-order valence-corrected chi connectivity index (χ3v) is 9.77. The van der Waals surface area contributed by atoms with Crippen molar-refractivity contribution >= 4 is 13.7 Å². The molecule has 0 aromatic rings. The SMILES string of the molecule is CC/C=C\C/C=C\C/C=C\C/C=C\C/C=C\CCCC(=O)NC(COP(=O)(O)OCCN)C(O)/C=C/CCCCCCCCCCCCCCCCC. The number of aliphatic hydroxyl groups is 1. The number of unbranched alkanes of at least 4 members (excludes halogenated alkanes) is 16. The quantitative estimate of drug-likeness (QED) is 0.0280. The number of aliphatic hydroxyl groups excluding tert-OH is 1. The van der Waals surface area contributed by atoms with Crippen molar-refractivity contribution in [2.75, 3.05) is 19.8 Å². The van der Waals surface area contributed by atoms with E-state index in [9.17, 15) is 19.4 Å². The van der Waals surface area contributed by atoms with Gasteiger partial charge in [0.1, 0.15) is 0 Å². The highest BCUT2D eigenvalue weighted by atomic mass is 31.2. The lowest BCUT2D eigenvalue weighted by Crippen LogP contribution is -2.45. The predicted octanol–water partition coefficient (Wildman–Crippen LogP) is 11.7. The molecule has 0 heterocycles. The molecular formula is C44H79N2O6P. The van der Waals surface area contributed by atoms with E-state index < -0.39 is 20.0 Å². The van der Waals surface area contributed by atoms with E-state index in [2.05, 4.69) is 79.9 Å². The zero-order valence-electron chi connectivity index (χ0n) is 33.7. The van der Waals surface area contributed by atoms with Crippen LogP contribution >= 0.6 is 7.82 Å². The van der Waals surface area contributed by atoms with Crippen LogP contribution in [0.4, 0.5) is 0 Å². The highest BCUT2D eigenvalue weighted by Crippen LogP contribution is 2.43. The summed E-state index contributed by atoms with van der Waals surface area (Å²) < 4.78 is 22.1. The number of nitrogens with one attached hydrogen (secondary N) is 1. The Kier molecular flexibility index (Phi) is 38.1. The van der Waals surface area contributed by atoms with Gasteiger partial charge in [0, 0.05) is 13.0 Å². The fraction of sp³-hybridized carbons (Fsp3) is 0.705. The Morgan fingerprint density at radius 3 is 1.58 bits per heavy atom. The third-order valence-electron chi connectivity index (χ3n) is 8.79. The number of allylic oxidation sites excluding steroid dienone is 11. The van der Waals surface area contributed by atoms with Crippen molar-refractivity contribution in [2.24, 2.45) is 5.73 Å². The van der Waals surface area contributed by atoms with Gasteiger partial charge in [0.15, 0.2) is 0 Å². The zero-order valence-corrected chi connectivity index (χ0v) is 34.6. The first-order valence-electron chi connectivity index (χ1n) is 21.1. The van der Waals surface area contributed by atoms with Crippen LogP contribution in [0.1, 0.15) is 168 Å². The van der Waals surface area contributed by atoms with Crippen LogP contribution in [0.15, 0.2) is 72.9 Å². The molecule has 0 saturated heterocycles. The fourth-order valence-corrected chi connectivity index (χ4v) is 6.40. The molecule has 9 heteroatoms. The number of hydrogen-bond donors (Lipinski definition) is 4.